The normalized spacial score (nSPS) is 10.3. The number of hydrogen-bond donors (Lipinski definition) is 2. The molecule has 0 fully saturated rings. The lowest BCUT2D eigenvalue weighted by atomic mass is 10.4. The van der Waals surface area contributed by atoms with Crippen LogP contribution in [0.2, 0.25) is 0 Å². The van der Waals surface area contributed by atoms with Crippen LogP contribution in [-0.4, -0.2) is 11.5 Å². The molecule has 0 aliphatic carbocycles. The zero-order valence-electron chi connectivity index (χ0n) is 6.52. The Hall–Kier alpha value is -0.610. The molecule has 1 aromatic heterocycles. The lowest BCUT2D eigenvalue weighted by molar-refractivity contribution is 0.681. The minimum absolute atomic E-state index is 0.0262. The molecule has 0 saturated carbocycles. The first-order valence-electron chi connectivity index (χ1n) is 3.71. The first-order valence-corrected chi connectivity index (χ1v) is 4.52. The van der Waals surface area contributed by atoms with Crippen molar-refractivity contribution >= 4 is 11.3 Å². The molecule has 62 valence electrons. The molecule has 0 unspecified atom stereocenters. The number of nitrogens with one attached hydrogen (secondary N) is 2. The van der Waals surface area contributed by atoms with E-state index in [-0.39, 0.29) is 4.87 Å². The third-order valence-corrected chi connectivity index (χ3v) is 2.13. The first kappa shape index (κ1) is 8.49. The Bertz CT molecular complexity index is 253. The largest absolute Gasteiger partial charge is 0.319 e. The Morgan fingerprint density at radius 2 is 2.55 bits per heavy atom. The second-order valence-corrected chi connectivity index (χ2v) is 3.42. The molecule has 1 aromatic rings. The van der Waals surface area contributed by atoms with Crippen LogP contribution in [-0.2, 0) is 6.54 Å². The Morgan fingerprint density at radius 1 is 1.73 bits per heavy atom. The number of rotatable bonds is 4. The molecule has 0 aliphatic rings. The predicted molar refractivity (Wildman–Crippen MR) is 46.9 cm³/mol. The fourth-order valence-corrected chi connectivity index (χ4v) is 1.44. The van der Waals surface area contributed by atoms with Gasteiger partial charge in [-0.15, -0.1) is 0 Å². The van der Waals surface area contributed by atoms with E-state index in [1.165, 1.54) is 11.3 Å². The molecule has 0 spiro atoms. The van der Waals surface area contributed by atoms with E-state index in [2.05, 4.69) is 17.2 Å². The van der Waals surface area contributed by atoms with Gasteiger partial charge in [-0.2, -0.15) is 0 Å². The highest BCUT2D eigenvalue weighted by Gasteiger charge is 1.94. The number of aromatic nitrogens is 1. The lowest BCUT2D eigenvalue weighted by Crippen LogP contribution is -2.12. The van der Waals surface area contributed by atoms with Crippen molar-refractivity contribution in [3.63, 3.8) is 0 Å². The molecule has 11 heavy (non-hydrogen) atoms. The number of hydrogen-bond acceptors (Lipinski definition) is 3. The third-order valence-electron chi connectivity index (χ3n) is 1.30. The Kier molecular flexibility index (Phi) is 3.32. The van der Waals surface area contributed by atoms with Crippen molar-refractivity contribution in [2.75, 3.05) is 6.54 Å². The molecule has 0 aliphatic heterocycles. The maximum atomic E-state index is 10.7. The van der Waals surface area contributed by atoms with Gasteiger partial charge in [0.2, 0.25) is 0 Å². The van der Waals surface area contributed by atoms with Crippen LogP contribution in [0.5, 0.6) is 0 Å². The lowest BCUT2D eigenvalue weighted by Gasteiger charge is -1.97. The average Bonchev–Trinajstić information content (AvgIpc) is 2.37. The van der Waals surface area contributed by atoms with Crippen molar-refractivity contribution in [3.8, 4) is 0 Å². The van der Waals surface area contributed by atoms with E-state index in [0.29, 0.717) is 0 Å². The number of H-pyrrole nitrogens is 1. The van der Waals surface area contributed by atoms with E-state index in [0.717, 1.165) is 24.4 Å². The van der Waals surface area contributed by atoms with Crippen LogP contribution >= 0.6 is 11.3 Å². The van der Waals surface area contributed by atoms with Gasteiger partial charge in [0.1, 0.15) is 0 Å². The summed E-state index contributed by atoms with van der Waals surface area (Å²) in [6.45, 7) is 3.93. The summed E-state index contributed by atoms with van der Waals surface area (Å²) in [6.07, 6.45) is 2.88. The smallest absolute Gasteiger partial charge is 0.304 e. The van der Waals surface area contributed by atoms with Crippen LogP contribution in [0.1, 0.15) is 18.2 Å². The Labute approximate surface area is 69.5 Å². The highest BCUT2D eigenvalue weighted by molar-refractivity contribution is 7.09. The molecular formula is C7H12N2OS. The minimum atomic E-state index is 0.0262. The molecule has 0 amide bonds. The maximum Gasteiger partial charge on any atom is 0.304 e. The van der Waals surface area contributed by atoms with Crippen molar-refractivity contribution in [2.45, 2.75) is 19.9 Å². The molecule has 0 bridgehead atoms. The molecule has 1 rings (SSSR count). The van der Waals surface area contributed by atoms with Gasteiger partial charge in [-0.3, -0.25) is 4.79 Å². The zero-order chi connectivity index (χ0) is 8.10. The Balaban J connectivity index is 2.33. The second-order valence-electron chi connectivity index (χ2n) is 2.32. The summed E-state index contributed by atoms with van der Waals surface area (Å²) in [7, 11) is 0. The van der Waals surface area contributed by atoms with Crippen LogP contribution in [0.25, 0.3) is 0 Å². The molecule has 4 heteroatoms. The van der Waals surface area contributed by atoms with E-state index in [1.54, 1.807) is 6.20 Å². The summed E-state index contributed by atoms with van der Waals surface area (Å²) in [5.41, 5.74) is 0. The molecule has 0 saturated heterocycles. The molecule has 0 atom stereocenters. The van der Waals surface area contributed by atoms with Crippen LogP contribution in [0.3, 0.4) is 0 Å². The molecule has 0 aromatic carbocycles. The van der Waals surface area contributed by atoms with Gasteiger partial charge in [-0.25, -0.2) is 0 Å². The summed E-state index contributed by atoms with van der Waals surface area (Å²) in [5, 5.41) is 3.22. The highest BCUT2D eigenvalue weighted by atomic mass is 32.1. The second kappa shape index (κ2) is 4.31. The summed E-state index contributed by atoms with van der Waals surface area (Å²) >= 11 is 1.26. The van der Waals surface area contributed by atoms with Gasteiger partial charge in [-0.05, 0) is 13.0 Å². The molecule has 0 radical (unpaired) electrons. The van der Waals surface area contributed by atoms with Crippen molar-refractivity contribution in [2.24, 2.45) is 0 Å². The molecule has 3 nitrogen and oxygen atoms in total. The fourth-order valence-electron chi connectivity index (χ4n) is 0.793. The van der Waals surface area contributed by atoms with Gasteiger partial charge in [-0.1, -0.05) is 18.3 Å². The topological polar surface area (TPSA) is 44.9 Å². The van der Waals surface area contributed by atoms with E-state index < -0.39 is 0 Å². The van der Waals surface area contributed by atoms with Gasteiger partial charge >= 0.3 is 4.87 Å². The summed E-state index contributed by atoms with van der Waals surface area (Å²) in [6, 6.07) is 0. The van der Waals surface area contributed by atoms with Crippen molar-refractivity contribution in [1.29, 1.82) is 0 Å². The average molecular weight is 172 g/mol. The highest BCUT2D eigenvalue weighted by Crippen LogP contribution is 1.98. The van der Waals surface area contributed by atoms with E-state index in [4.69, 9.17) is 0 Å². The van der Waals surface area contributed by atoms with Gasteiger partial charge in [0.25, 0.3) is 0 Å². The predicted octanol–water partition coefficient (Wildman–Crippen LogP) is 0.936. The van der Waals surface area contributed by atoms with E-state index in [1.807, 2.05) is 0 Å². The third kappa shape index (κ3) is 2.86. The van der Waals surface area contributed by atoms with Crippen LogP contribution < -0.4 is 10.2 Å². The maximum absolute atomic E-state index is 10.7. The monoisotopic (exact) mass is 172 g/mol. The molecule has 1 heterocycles. The van der Waals surface area contributed by atoms with Gasteiger partial charge in [0.15, 0.2) is 0 Å². The van der Waals surface area contributed by atoms with E-state index >= 15 is 0 Å². The quantitative estimate of drug-likeness (QED) is 0.664. The fraction of sp³-hybridized carbons (Fsp3) is 0.571. The molecular weight excluding hydrogens is 160 g/mol. The SMILES string of the molecule is CCCNCc1c[nH]c(=O)s1. The number of aromatic amines is 1. The summed E-state index contributed by atoms with van der Waals surface area (Å²) in [4.78, 5) is 14.4. The van der Waals surface area contributed by atoms with Gasteiger partial charge < -0.3 is 10.3 Å². The number of thiazole rings is 1. The van der Waals surface area contributed by atoms with Crippen molar-refractivity contribution in [3.05, 3.63) is 20.7 Å². The molecule has 2 N–H and O–H groups in total. The van der Waals surface area contributed by atoms with E-state index in [9.17, 15) is 4.79 Å². The van der Waals surface area contributed by atoms with Gasteiger partial charge in [0, 0.05) is 17.6 Å². The first-order chi connectivity index (χ1) is 5.33. The van der Waals surface area contributed by atoms with Crippen LogP contribution in [0.4, 0.5) is 0 Å². The standard InChI is InChI=1S/C7H12N2OS/c1-2-3-8-4-6-5-9-7(10)11-6/h5,8H,2-4H2,1H3,(H,9,10). The van der Waals surface area contributed by atoms with Gasteiger partial charge in [0.05, 0.1) is 0 Å². The Morgan fingerprint density at radius 3 is 3.09 bits per heavy atom. The van der Waals surface area contributed by atoms with Crippen LogP contribution in [0, 0.1) is 0 Å². The van der Waals surface area contributed by atoms with Crippen molar-refractivity contribution in [1.82, 2.24) is 10.3 Å². The minimum Gasteiger partial charge on any atom is -0.319 e. The summed E-state index contributed by atoms with van der Waals surface area (Å²) < 4.78 is 0. The van der Waals surface area contributed by atoms with Crippen molar-refractivity contribution < 1.29 is 0 Å². The van der Waals surface area contributed by atoms with Crippen LogP contribution in [0.15, 0.2) is 11.0 Å². The summed E-state index contributed by atoms with van der Waals surface area (Å²) in [5.74, 6) is 0. The zero-order valence-corrected chi connectivity index (χ0v) is 7.33.